The van der Waals surface area contributed by atoms with E-state index in [9.17, 15) is 13.2 Å². The van der Waals surface area contributed by atoms with E-state index in [1.807, 2.05) is 43.3 Å². The third kappa shape index (κ3) is 4.40. The highest BCUT2D eigenvalue weighted by Crippen LogP contribution is 2.21. The maximum absolute atomic E-state index is 12.5. The van der Waals surface area contributed by atoms with Crippen LogP contribution in [0.15, 0.2) is 66.7 Å². The minimum absolute atomic E-state index is 0.182. The van der Waals surface area contributed by atoms with Crippen molar-refractivity contribution >= 4 is 32.4 Å². The average Bonchev–Trinajstić information content (AvgIpc) is 2.60. The molecule has 26 heavy (non-hydrogen) atoms. The second-order valence-electron chi connectivity index (χ2n) is 6.26. The fraction of sp³-hybridized carbons (Fsp3) is 0.150. The molecule has 0 aromatic heterocycles. The molecule has 1 unspecified atom stereocenters. The lowest BCUT2D eigenvalue weighted by Crippen LogP contribution is -2.26. The molecule has 0 aliphatic heterocycles. The Morgan fingerprint density at radius 2 is 1.65 bits per heavy atom. The van der Waals surface area contributed by atoms with Gasteiger partial charge >= 0.3 is 0 Å². The number of sulfonamides is 1. The summed E-state index contributed by atoms with van der Waals surface area (Å²) in [6.07, 6.45) is 1.07. The van der Waals surface area contributed by atoms with Crippen LogP contribution in [0.5, 0.6) is 0 Å². The molecule has 1 atom stereocenters. The zero-order valence-corrected chi connectivity index (χ0v) is 15.4. The second kappa shape index (κ2) is 7.17. The summed E-state index contributed by atoms with van der Waals surface area (Å²) < 4.78 is 25.1. The molecule has 134 valence electrons. The first-order valence-electron chi connectivity index (χ1n) is 8.19. The molecule has 0 radical (unpaired) electrons. The van der Waals surface area contributed by atoms with Crippen LogP contribution in [-0.2, 0) is 10.0 Å². The molecule has 3 rings (SSSR count). The SMILES string of the molecule is CC(NC(=O)c1cccc(NS(C)(=O)=O)c1)c1ccc2ccccc2c1. The number of hydrogen-bond acceptors (Lipinski definition) is 3. The predicted molar refractivity (Wildman–Crippen MR) is 105 cm³/mol. The van der Waals surface area contributed by atoms with Crippen molar-refractivity contribution in [1.29, 1.82) is 0 Å². The van der Waals surface area contributed by atoms with Crippen LogP contribution in [-0.4, -0.2) is 20.6 Å². The zero-order chi connectivity index (χ0) is 18.7. The minimum Gasteiger partial charge on any atom is -0.346 e. The minimum atomic E-state index is -3.39. The smallest absolute Gasteiger partial charge is 0.251 e. The molecule has 0 saturated carbocycles. The van der Waals surface area contributed by atoms with Gasteiger partial charge in [-0.2, -0.15) is 0 Å². The third-order valence-electron chi connectivity index (χ3n) is 4.05. The van der Waals surface area contributed by atoms with E-state index in [0.717, 1.165) is 22.6 Å². The Morgan fingerprint density at radius 3 is 2.38 bits per heavy atom. The molecule has 0 aliphatic rings. The molecule has 1 amide bonds. The van der Waals surface area contributed by atoms with Crippen LogP contribution < -0.4 is 10.0 Å². The molecule has 0 aliphatic carbocycles. The van der Waals surface area contributed by atoms with E-state index in [1.165, 1.54) is 6.07 Å². The summed E-state index contributed by atoms with van der Waals surface area (Å²) >= 11 is 0. The van der Waals surface area contributed by atoms with Crippen LogP contribution in [0.25, 0.3) is 10.8 Å². The van der Waals surface area contributed by atoms with Gasteiger partial charge in [0.15, 0.2) is 0 Å². The Kier molecular flexibility index (Phi) is 4.95. The Hall–Kier alpha value is -2.86. The van der Waals surface area contributed by atoms with Crippen molar-refractivity contribution in [2.75, 3.05) is 11.0 Å². The zero-order valence-electron chi connectivity index (χ0n) is 14.6. The molecule has 5 nitrogen and oxygen atoms in total. The van der Waals surface area contributed by atoms with Gasteiger partial charge in [-0.3, -0.25) is 9.52 Å². The molecule has 0 saturated heterocycles. The monoisotopic (exact) mass is 368 g/mol. The molecule has 6 heteroatoms. The predicted octanol–water partition coefficient (Wildman–Crippen LogP) is 3.70. The van der Waals surface area contributed by atoms with Crippen molar-refractivity contribution in [3.63, 3.8) is 0 Å². The summed E-state index contributed by atoms with van der Waals surface area (Å²) in [5.41, 5.74) is 1.76. The molecule has 0 fully saturated rings. The first kappa shape index (κ1) is 17.9. The molecule has 0 heterocycles. The summed E-state index contributed by atoms with van der Waals surface area (Å²) in [6, 6.07) is 20.4. The lowest BCUT2D eigenvalue weighted by Gasteiger charge is -2.15. The van der Waals surface area contributed by atoms with Crippen molar-refractivity contribution < 1.29 is 13.2 Å². The molecule has 2 N–H and O–H groups in total. The number of amides is 1. The van der Waals surface area contributed by atoms with Gasteiger partial charge in [-0.05, 0) is 47.5 Å². The summed E-state index contributed by atoms with van der Waals surface area (Å²) in [7, 11) is -3.39. The van der Waals surface area contributed by atoms with Crippen molar-refractivity contribution in [1.82, 2.24) is 5.32 Å². The average molecular weight is 368 g/mol. The molecule has 0 bridgehead atoms. The molecule has 0 spiro atoms. The number of rotatable bonds is 5. The van der Waals surface area contributed by atoms with Gasteiger partial charge in [0.05, 0.1) is 12.3 Å². The number of fused-ring (bicyclic) bond motifs is 1. The molecule has 3 aromatic rings. The van der Waals surface area contributed by atoms with Crippen LogP contribution in [0.2, 0.25) is 0 Å². The standard InChI is InChI=1S/C20H20N2O3S/c1-14(16-11-10-15-6-3-4-7-17(15)12-16)21-20(23)18-8-5-9-19(13-18)22-26(2,24)25/h3-14,22H,1-2H3,(H,21,23). The van der Waals surface area contributed by atoms with Gasteiger partial charge in [-0.1, -0.05) is 42.5 Å². The quantitative estimate of drug-likeness (QED) is 0.721. The lowest BCUT2D eigenvalue weighted by molar-refractivity contribution is 0.0940. The van der Waals surface area contributed by atoms with Crippen molar-refractivity contribution in [3.05, 3.63) is 77.9 Å². The summed E-state index contributed by atoms with van der Waals surface area (Å²) in [5.74, 6) is -0.261. The largest absolute Gasteiger partial charge is 0.346 e. The van der Waals surface area contributed by atoms with Crippen molar-refractivity contribution in [2.45, 2.75) is 13.0 Å². The van der Waals surface area contributed by atoms with Gasteiger partial charge in [0, 0.05) is 11.3 Å². The molecular weight excluding hydrogens is 348 g/mol. The normalized spacial score (nSPS) is 12.5. The fourth-order valence-corrected chi connectivity index (χ4v) is 3.33. The Bertz CT molecular complexity index is 1060. The maximum atomic E-state index is 12.5. The first-order valence-corrected chi connectivity index (χ1v) is 10.1. The van der Waals surface area contributed by atoms with Crippen LogP contribution in [0.1, 0.15) is 28.9 Å². The van der Waals surface area contributed by atoms with Crippen LogP contribution in [0.4, 0.5) is 5.69 Å². The van der Waals surface area contributed by atoms with Gasteiger partial charge in [-0.25, -0.2) is 8.42 Å². The van der Waals surface area contributed by atoms with Gasteiger partial charge in [-0.15, -0.1) is 0 Å². The van der Waals surface area contributed by atoms with E-state index in [0.29, 0.717) is 11.3 Å². The molecule has 3 aromatic carbocycles. The maximum Gasteiger partial charge on any atom is 0.251 e. The number of benzene rings is 3. The van der Waals surface area contributed by atoms with E-state index in [4.69, 9.17) is 0 Å². The second-order valence-corrected chi connectivity index (χ2v) is 8.01. The molecular formula is C20H20N2O3S. The highest BCUT2D eigenvalue weighted by molar-refractivity contribution is 7.92. The summed E-state index contributed by atoms with van der Waals surface area (Å²) in [4.78, 5) is 12.5. The Balaban J connectivity index is 1.77. The van der Waals surface area contributed by atoms with E-state index in [-0.39, 0.29) is 11.9 Å². The van der Waals surface area contributed by atoms with Crippen molar-refractivity contribution in [3.8, 4) is 0 Å². The highest BCUT2D eigenvalue weighted by atomic mass is 32.2. The topological polar surface area (TPSA) is 75.3 Å². The van der Waals surface area contributed by atoms with Crippen LogP contribution in [0.3, 0.4) is 0 Å². The third-order valence-corrected chi connectivity index (χ3v) is 4.66. The lowest BCUT2D eigenvalue weighted by atomic mass is 10.0. The van der Waals surface area contributed by atoms with E-state index in [2.05, 4.69) is 16.1 Å². The van der Waals surface area contributed by atoms with Gasteiger partial charge in [0.1, 0.15) is 0 Å². The number of nitrogens with one attached hydrogen (secondary N) is 2. The van der Waals surface area contributed by atoms with Gasteiger partial charge < -0.3 is 5.32 Å². The van der Waals surface area contributed by atoms with Gasteiger partial charge in [0.2, 0.25) is 10.0 Å². The number of carbonyl (C=O) groups excluding carboxylic acids is 1. The van der Waals surface area contributed by atoms with E-state index in [1.54, 1.807) is 18.2 Å². The van der Waals surface area contributed by atoms with Crippen molar-refractivity contribution in [2.24, 2.45) is 0 Å². The number of anilines is 1. The first-order chi connectivity index (χ1) is 12.3. The number of hydrogen-bond donors (Lipinski definition) is 2. The van der Waals surface area contributed by atoms with E-state index < -0.39 is 10.0 Å². The van der Waals surface area contributed by atoms with Crippen LogP contribution >= 0.6 is 0 Å². The van der Waals surface area contributed by atoms with Gasteiger partial charge in [0.25, 0.3) is 5.91 Å². The van der Waals surface area contributed by atoms with Crippen LogP contribution in [0, 0.1) is 0 Å². The van der Waals surface area contributed by atoms with E-state index >= 15 is 0 Å². The Labute approximate surface area is 153 Å². The highest BCUT2D eigenvalue weighted by Gasteiger charge is 2.13. The fourth-order valence-electron chi connectivity index (χ4n) is 2.78. The Morgan fingerprint density at radius 1 is 0.923 bits per heavy atom. The number of carbonyl (C=O) groups is 1. The summed E-state index contributed by atoms with van der Waals surface area (Å²) in [6.45, 7) is 1.92. The summed E-state index contributed by atoms with van der Waals surface area (Å²) in [5, 5.41) is 5.21.